The Hall–Kier alpha value is -3.57. The number of allylic oxidation sites excluding steroid dienone is 1. The van der Waals surface area contributed by atoms with Gasteiger partial charge in [-0.3, -0.25) is 28.9 Å². The fourth-order valence-electron chi connectivity index (χ4n) is 9.94. The van der Waals surface area contributed by atoms with Gasteiger partial charge in [0.25, 0.3) is 17.7 Å². The molecule has 5 aromatic carbocycles. The number of Topliss-reactive ketones (excluding diaryl/α,β-unsaturated/α-hetero) is 1. The maximum Gasteiger partial charge on any atom is 0.261 e. The number of fused-ring (bicyclic) bond motifs is 6. The third-order valence-electron chi connectivity index (χ3n) is 12.7. The predicted molar refractivity (Wildman–Crippen MR) is 230 cm³/mol. The van der Waals surface area contributed by atoms with Gasteiger partial charge in [-0.15, -0.1) is 0 Å². The first-order valence-corrected chi connectivity index (χ1v) is 22.3. The minimum atomic E-state index is -2.49. The zero-order valence-electron chi connectivity index (χ0n) is 34.1. The minimum Gasteiger partial charge on any atom is -0.304 e. The largest absolute Gasteiger partial charge is 0.304 e. The van der Waals surface area contributed by atoms with E-state index in [1.54, 1.807) is 30.3 Å². The monoisotopic (exact) mass is 988 g/mol. The summed E-state index contributed by atoms with van der Waals surface area (Å²) < 4.78 is 0. The van der Waals surface area contributed by atoms with Crippen molar-refractivity contribution in [3.63, 3.8) is 0 Å². The van der Waals surface area contributed by atoms with E-state index >= 15 is 0 Å². The molecular weight excluding hydrogens is 943 g/mol. The van der Waals surface area contributed by atoms with Gasteiger partial charge in [-0.2, -0.15) is 0 Å². The zero-order valence-corrected chi connectivity index (χ0v) is 40.6. The third kappa shape index (κ3) is 8.92. The standard InChI is InChI=1S/C34H30NO3P.C16H15NO2.4V/c36-32(30-22-12-13-23-31(30)35-33(37)28-20-10-11-21-29(28)34(35)38)24-39(25-14-4-1-5-15-25,26-16-6-2-7-17-26)27-18-8-3-9-19-27;18-15-9-14-10-5-1-2-6-11(10)16(19)17(14)13-8-4-3-7-12(13)15;;;;/h1-11,14-21,24,30-31H,12-13,22-23H2;1-2,5-6,9,12-13H,3-4,7-8H2;;;;/t30-,31-;12-,13-;;;;/m11..../s1. The summed E-state index contributed by atoms with van der Waals surface area (Å²) in [6, 6.07) is 45.0. The zero-order chi connectivity index (χ0) is 39.8. The van der Waals surface area contributed by atoms with Crippen molar-refractivity contribution >= 4 is 63.6 Å². The van der Waals surface area contributed by atoms with E-state index in [1.165, 1.54) is 4.90 Å². The van der Waals surface area contributed by atoms with Crippen LogP contribution in [0.4, 0.5) is 0 Å². The molecule has 310 valence electrons. The number of carbonyl (C=O) groups is 5. The van der Waals surface area contributed by atoms with Crippen molar-refractivity contribution in [2.75, 3.05) is 0 Å². The molecule has 3 aliphatic heterocycles. The average Bonchev–Trinajstić information content (AvgIpc) is 3.71. The van der Waals surface area contributed by atoms with Gasteiger partial charge < -0.3 is 4.90 Å². The van der Waals surface area contributed by atoms with E-state index in [1.807, 2.05) is 89.6 Å². The van der Waals surface area contributed by atoms with Gasteiger partial charge in [0.2, 0.25) is 0 Å². The molecule has 7 nitrogen and oxygen atoms in total. The fourth-order valence-corrected chi connectivity index (χ4v) is 13.8. The molecule has 3 amide bonds. The molecule has 0 unspecified atom stereocenters. The second-order valence-electron chi connectivity index (χ2n) is 15.9. The summed E-state index contributed by atoms with van der Waals surface area (Å²) in [4.78, 5) is 69.4. The number of benzene rings is 5. The van der Waals surface area contributed by atoms with Gasteiger partial charge >= 0.3 is 0 Å². The van der Waals surface area contributed by atoms with Gasteiger partial charge in [-0.25, -0.2) is 0 Å². The van der Waals surface area contributed by atoms with Crippen LogP contribution in [0.1, 0.15) is 88.0 Å². The molecule has 0 spiro atoms. The molecular formula is C50H45N2O5PV4. The molecule has 4 atom stereocenters. The summed E-state index contributed by atoms with van der Waals surface area (Å²) in [5.41, 5.74) is 3.36. The number of carbonyl (C=O) groups excluding carboxylic acids is 5. The van der Waals surface area contributed by atoms with Crippen LogP contribution in [0.2, 0.25) is 0 Å². The number of rotatable bonds is 6. The molecule has 2 aliphatic carbocycles. The average molecular weight is 989 g/mol. The summed E-state index contributed by atoms with van der Waals surface area (Å²) in [7, 11) is 0. The van der Waals surface area contributed by atoms with E-state index in [2.05, 4.69) is 36.4 Å². The summed E-state index contributed by atoms with van der Waals surface area (Å²) in [5.74, 6) is 1.29. The first kappa shape index (κ1) is 49.4. The Balaban J connectivity index is 0.000000267. The van der Waals surface area contributed by atoms with Crippen LogP contribution in [0.15, 0.2) is 146 Å². The number of hydrogen-bond donors (Lipinski definition) is 0. The summed E-state index contributed by atoms with van der Waals surface area (Å²) in [6.45, 7) is -2.49. The minimum absolute atomic E-state index is 0. The fraction of sp³-hybridized carbons (Fsp3) is 0.240. The van der Waals surface area contributed by atoms with Crippen LogP contribution in [-0.4, -0.2) is 57.0 Å². The molecule has 12 heteroatoms. The molecule has 2 fully saturated rings. The summed E-state index contributed by atoms with van der Waals surface area (Å²) in [5, 5.41) is 3.30. The van der Waals surface area contributed by atoms with Gasteiger partial charge in [0.05, 0.1) is 22.9 Å². The Bertz CT molecular complexity index is 2400. The number of imide groups is 1. The molecule has 10 rings (SSSR count). The van der Waals surface area contributed by atoms with E-state index in [0.29, 0.717) is 24.0 Å². The summed E-state index contributed by atoms with van der Waals surface area (Å²) >= 11 is 0. The van der Waals surface area contributed by atoms with Gasteiger partial charge in [-0.05, 0) is 72.5 Å². The van der Waals surface area contributed by atoms with Crippen LogP contribution in [0.25, 0.3) is 5.70 Å². The van der Waals surface area contributed by atoms with E-state index in [9.17, 15) is 24.0 Å². The van der Waals surface area contributed by atoms with Crippen LogP contribution in [0, 0.1) is 11.8 Å². The maximum atomic E-state index is 14.5. The van der Waals surface area contributed by atoms with Crippen molar-refractivity contribution in [1.82, 2.24) is 9.80 Å². The van der Waals surface area contributed by atoms with Crippen molar-refractivity contribution in [2.45, 2.75) is 63.5 Å². The Labute approximate surface area is 411 Å². The van der Waals surface area contributed by atoms with E-state index < -0.39 is 18.8 Å². The van der Waals surface area contributed by atoms with Crippen molar-refractivity contribution < 1.29 is 98.2 Å². The van der Waals surface area contributed by atoms with Crippen LogP contribution in [0.5, 0.6) is 0 Å². The maximum absolute atomic E-state index is 14.5. The molecule has 2 saturated carbocycles. The second kappa shape index (κ2) is 21.4. The first-order valence-electron chi connectivity index (χ1n) is 20.5. The van der Waals surface area contributed by atoms with Crippen LogP contribution >= 0.6 is 6.89 Å². The molecule has 4 radical (unpaired) electrons. The predicted octanol–water partition coefficient (Wildman–Crippen LogP) is 7.82. The number of hydrogen-bond acceptors (Lipinski definition) is 5. The van der Waals surface area contributed by atoms with E-state index in [0.717, 1.165) is 71.3 Å². The molecule has 0 aromatic heterocycles. The SMILES string of the molecule is O=C(C=P(c1ccccc1)(c1ccccc1)c1ccccc1)[C@@H]1CCCC[C@H]1N1C(=O)c2ccccc2C1=O.O=C1C=C2c3ccccc3C(=O)N2[C@@H]2CCCC[C@@H]12.[V].[V].[V].[V]. The molecule has 0 N–H and O–H groups in total. The number of ketones is 2. The van der Waals surface area contributed by atoms with Crippen LogP contribution in [-0.2, 0) is 83.8 Å². The summed E-state index contributed by atoms with van der Waals surface area (Å²) in [6.07, 6.45) is 8.87. The smallest absolute Gasteiger partial charge is 0.261 e. The topological polar surface area (TPSA) is 91.8 Å². The molecule has 0 bridgehead atoms. The van der Waals surface area contributed by atoms with Crippen molar-refractivity contribution in [2.24, 2.45) is 11.8 Å². The van der Waals surface area contributed by atoms with Crippen molar-refractivity contribution in [3.05, 3.63) is 168 Å². The first-order chi connectivity index (χ1) is 28.4. The Morgan fingerprint density at radius 2 is 0.855 bits per heavy atom. The second-order valence-corrected chi connectivity index (χ2v) is 19.1. The van der Waals surface area contributed by atoms with Crippen molar-refractivity contribution in [3.8, 4) is 0 Å². The molecule has 5 aliphatic rings. The van der Waals surface area contributed by atoms with Gasteiger partial charge in [-0.1, -0.05) is 147 Å². The third-order valence-corrected chi connectivity index (χ3v) is 16.7. The van der Waals surface area contributed by atoms with Crippen LogP contribution < -0.4 is 15.9 Å². The molecule has 62 heavy (non-hydrogen) atoms. The normalized spacial score (nSPS) is 20.7. The molecule has 0 saturated heterocycles. The van der Waals surface area contributed by atoms with Gasteiger partial charge in [0.1, 0.15) is 0 Å². The number of nitrogens with zero attached hydrogens (tertiary/aromatic N) is 2. The van der Waals surface area contributed by atoms with E-state index in [-0.39, 0.29) is 115 Å². The van der Waals surface area contributed by atoms with Crippen LogP contribution in [0.3, 0.4) is 0 Å². The van der Waals surface area contributed by atoms with Gasteiger partial charge in [0, 0.05) is 109 Å². The van der Waals surface area contributed by atoms with Crippen molar-refractivity contribution in [1.29, 1.82) is 0 Å². The number of amides is 3. The Kier molecular flexibility index (Phi) is 17.1. The quantitative estimate of drug-likeness (QED) is 0.128. The molecule has 5 aromatic rings. The molecule has 3 heterocycles. The Morgan fingerprint density at radius 3 is 1.35 bits per heavy atom. The van der Waals surface area contributed by atoms with E-state index in [4.69, 9.17) is 0 Å². The van der Waals surface area contributed by atoms with Gasteiger partial charge in [0.15, 0.2) is 11.6 Å². The Morgan fingerprint density at radius 1 is 0.468 bits per heavy atom.